The number of aliphatic hydroxyl groups excluding tert-OH is 1. The van der Waals surface area contributed by atoms with E-state index in [0.29, 0.717) is 5.92 Å². The van der Waals surface area contributed by atoms with Gasteiger partial charge in [-0.2, -0.15) is 0 Å². The van der Waals surface area contributed by atoms with Crippen LogP contribution in [-0.4, -0.2) is 24.3 Å². The van der Waals surface area contributed by atoms with Crippen molar-refractivity contribution in [2.24, 2.45) is 10.9 Å². The lowest BCUT2D eigenvalue weighted by atomic mass is 10.1. The second-order valence-electron chi connectivity index (χ2n) is 3.28. The van der Waals surface area contributed by atoms with Crippen LogP contribution in [0, 0.1) is 5.92 Å². The van der Waals surface area contributed by atoms with Crippen molar-refractivity contribution in [2.75, 3.05) is 13.7 Å². The highest BCUT2D eigenvalue weighted by atomic mass is 32.2. The summed E-state index contributed by atoms with van der Waals surface area (Å²) in [6.07, 6.45) is 4.76. The van der Waals surface area contributed by atoms with E-state index in [4.69, 9.17) is 5.11 Å². The van der Waals surface area contributed by atoms with Gasteiger partial charge in [0.2, 0.25) is 0 Å². The fourth-order valence-electron chi connectivity index (χ4n) is 0.865. The Bertz CT molecular complexity index is 269. The summed E-state index contributed by atoms with van der Waals surface area (Å²) in [5.41, 5.74) is 2.63. The highest BCUT2D eigenvalue weighted by Gasteiger charge is 1.98. The predicted octanol–water partition coefficient (Wildman–Crippen LogP) is 3.02. The Hall–Kier alpha value is -0.800. The number of aliphatic imine (C=N–C) groups is 1. The molecule has 1 unspecified atom stereocenters. The van der Waals surface area contributed by atoms with E-state index in [1.165, 1.54) is 11.8 Å². The average Bonchev–Trinajstić information content (AvgIpc) is 2.22. The number of nitrogens with zero attached hydrogens (tertiary/aromatic N) is 1. The molecule has 0 aromatic heterocycles. The molecule has 0 heterocycles. The van der Waals surface area contributed by atoms with Crippen LogP contribution < -0.4 is 0 Å². The third kappa shape index (κ3) is 7.17. The van der Waals surface area contributed by atoms with Crippen molar-refractivity contribution in [3.05, 3.63) is 35.8 Å². The smallest absolute Gasteiger partial charge is 0.0585 e. The first-order chi connectivity index (χ1) is 7.11. The number of aliphatic hydroxyl groups is 1. The molecule has 84 valence electrons. The lowest BCUT2D eigenvalue weighted by Gasteiger charge is -2.04. The van der Waals surface area contributed by atoms with Crippen molar-refractivity contribution >= 4 is 17.3 Å². The molecule has 0 radical (unpaired) electrons. The van der Waals surface area contributed by atoms with Crippen molar-refractivity contribution in [1.29, 1.82) is 0 Å². The lowest BCUT2D eigenvalue weighted by Crippen LogP contribution is -1.93. The molecule has 1 atom stereocenters. The quantitative estimate of drug-likeness (QED) is 0.410. The Morgan fingerprint density at radius 1 is 1.53 bits per heavy atom. The van der Waals surface area contributed by atoms with Gasteiger partial charge < -0.3 is 5.11 Å². The Kier molecular flexibility index (Phi) is 8.05. The minimum Gasteiger partial charge on any atom is -0.396 e. The maximum absolute atomic E-state index is 8.73. The summed E-state index contributed by atoms with van der Waals surface area (Å²) in [7, 11) is 1.72. The van der Waals surface area contributed by atoms with E-state index < -0.39 is 0 Å². The van der Waals surface area contributed by atoms with Crippen LogP contribution in [0.3, 0.4) is 0 Å². The summed E-state index contributed by atoms with van der Waals surface area (Å²) >= 11 is 1.46. The second kappa shape index (κ2) is 8.50. The Morgan fingerprint density at radius 2 is 2.20 bits per heavy atom. The zero-order chi connectivity index (χ0) is 11.7. The zero-order valence-electron chi connectivity index (χ0n) is 9.44. The Balaban J connectivity index is 4.06. The molecule has 1 N–H and O–H groups in total. The van der Waals surface area contributed by atoms with Gasteiger partial charge in [-0.05, 0) is 17.9 Å². The molecule has 15 heavy (non-hydrogen) atoms. The highest BCUT2D eigenvalue weighted by Crippen LogP contribution is 2.20. The topological polar surface area (TPSA) is 32.6 Å². The van der Waals surface area contributed by atoms with Crippen LogP contribution in [-0.2, 0) is 0 Å². The molecule has 0 bridgehead atoms. The number of hydrogen-bond acceptors (Lipinski definition) is 3. The van der Waals surface area contributed by atoms with Gasteiger partial charge in [0.05, 0.1) is 5.55 Å². The first-order valence-corrected chi connectivity index (χ1v) is 5.74. The third-order valence-corrected chi connectivity index (χ3v) is 2.73. The second-order valence-corrected chi connectivity index (χ2v) is 4.22. The largest absolute Gasteiger partial charge is 0.396 e. The summed E-state index contributed by atoms with van der Waals surface area (Å²) in [5, 5.41) is 8.73. The van der Waals surface area contributed by atoms with Crippen molar-refractivity contribution in [2.45, 2.75) is 13.3 Å². The average molecular weight is 225 g/mol. The molecule has 0 saturated carbocycles. The van der Waals surface area contributed by atoms with Crippen molar-refractivity contribution < 1.29 is 5.11 Å². The van der Waals surface area contributed by atoms with E-state index in [-0.39, 0.29) is 6.61 Å². The summed E-state index contributed by atoms with van der Waals surface area (Å²) in [6, 6.07) is 0. The van der Waals surface area contributed by atoms with Crippen LogP contribution in [0.15, 0.2) is 40.8 Å². The van der Waals surface area contributed by atoms with Gasteiger partial charge in [0.1, 0.15) is 0 Å². The first kappa shape index (κ1) is 14.2. The predicted molar refractivity (Wildman–Crippen MR) is 70.3 cm³/mol. The fraction of sp³-hybridized carbons (Fsp3) is 0.417. The maximum Gasteiger partial charge on any atom is 0.0585 e. The van der Waals surface area contributed by atoms with Gasteiger partial charge in [-0.15, -0.1) is 0 Å². The zero-order valence-corrected chi connectivity index (χ0v) is 10.3. The van der Waals surface area contributed by atoms with Crippen LogP contribution in [0.25, 0.3) is 0 Å². The molecule has 0 fully saturated rings. The van der Waals surface area contributed by atoms with E-state index in [9.17, 15) is 0 Å². The van der Waals surface area contributed by atoms with E-state index in [1.807, 2.05) is 12.2 Å². The summed E-state index contributed by atoms with van der Waals surface area (Å²) in [5.74, 6) is 0.365. The van der Waals surface area contributed by atoms with Crippen LogP contribution in [0.2, 0.25) is 0 Å². The first-order valence-electron chi connectivity index (χ1n) is 4.86. The molecule has 0 aliphatic heterocycles. The number of allylic oxidation sites excluding steroid dienone is 3. The van der Waals surface area contributed by atoms with E-state index >= 15 is 0 Å². The minimum atomic E-state index is 0.218. The summed E-state index contributed by atoms with van der Waals surface area (Å²) < 4.78 is 0. The number of thioether (sulfide) groups is 1. The highest BCUT2D eigenvalue weighted by molar-refractivity contribution is 8.15. The van der Waals surface area contributed by atoms with Gasteiger partial charge in [-0.3, -0.25) is 4.99 Å². The molecule has 2 nitrogen and oxygen atoms in total. The minimum absolute atomic E-state index is 0.218. The van der Waals surface area contributed by atoms with Gasteiger partial charge in [0, 0.05) is 18.6 Å². The van der Waals surface area contributed by atoms with Crippen LogP contribution in [0.1, 0.15) is 13.3 Å². The van der Waals surface area contributed by atoms with Crippen molar-refractivity contribution in [1.82, 2.24) is 0 Å². The molecule has 0 aliphatic rings. The van der Waals surface area contributed by atoms with Gasteiger partial charge in [-0.25, -0.2) is 0 Å². The Labute approximate surface area is 96.5 Å². The molecule has 3 heteroatoms. The van der Waals surface area contributed by atoms with Gasteiger partial charge in [-0.1, -0.05) is 44.0 Å². The van der Waals surface area contributed by atoms with Crippen LogP contribution in [0.4, 0.5) is 0 Å². The normalized spacial score (nSPS) is 13.5. The van der Waals surface area contributed by atoms with Gasteiger partial charge in [0.25, 0.3) is 0 Å². The fourth-order valence-corrected chi connectivity index (χ4v) is 1.32. The molecule has 0 saturated heterocycles. The molecule has 0 rings (SSSR count). The van der Waals surface area contributed by atoms with E-state index in [0.717, 1.165) is 16.9 Å². The lowest BCUT2D eigenvalue weighted by molar-refractivity contribution is 0.274. The van der Waals surface area contributed by atoms with Crippen molar-refractivity contribution in [3.63, 3.8) is 0 Å². The molecule has 0 aromatic carbocycles. The monoisotopic (exact) mass is 225 g/mol. The van der Waals surface area contributed by atoms with Crippen LogP contribution >= 0.6 is 11.8 Å². The Morgan fingerprint density at radius 3 is 2.73 bits per heavy atom. The van der Waals surface area contributed by atoms with Crippen molar-refractivity contribution in [3.8, 4) is 0 Å². The van der Waals surface area contributed by atoms with E-state index in [1.54, 1.807) is 12.6 Å². The molecule has 0 aliphatic carbocycles. The van der Waals surface area contributed by atoms with Crippen LogP contribution in [0.5, 0.6) is 0 Å². The third-order valence-electron chi connectivity index (χ3n) is 1.87. The molecular weight excluding hydrogens is 206 g/mol. The van der Waals surface area contributed by atoms with Gasteiger partial charge >= 0.3 is 0 Å². The molecule has 0 amide bonds. The number of hydrogen-bond donors (Lipinski definition) is 1. The number of rotatable bonds is 7. The molecule has 0 aromatic rings. The molecule has 0 spiro atoms. The summed E-state index contributed by atoms with van der Waals surface area (Å²) in [4.78, 5) is 4.76. The maximum atomic E-state index is 8.73. The van der Waals surface area contributed by atoms with E-state index in [2.05, 4.69) is 25.1 Å². The standard InChI is InChI=1S/C12H19NOS/c1-10(7-8-14)5-6-11(2)12(3)15-9-13-4/h5-6,9-10,14H,2-3,7-8H2,1,4H3/b6-5-,13-9?. The SMILES string of the molecule is C=C(/C=C\C(C)CCO)C(=C)SC=NC. The van der Waals surface area contributed by atoms with Gasteiger partial charge in [0.15, 0.2) is 0 Å². The summed E-state index contributed by atoms with van der Waals surface area (Å²) in [6.45, 7) is 10.1. The molecular formula is C12H19NOS.